The van der Waals surface area contributed by atoms with Crippen LogP contribution in [0.1, 0.15) is 40.5 Å². The number of rotatable bonds is 5. The van der Waals surface area contributed by atoms with E-state index in [0.717, 1.165) is 16.5 Å². The van der Waals surface area contributed by atoms with Crippen LogP contribution in [0.5, 0.6) is 5.75 Å². The summed E-state index contributed by atoms with van der Waals surface area (Å²) in [6.45, 7) is 0.516. The Labute approximate surface area is 229 Å². The Kier molecular flexibility index (Phi) is 6.49. The molecule has 2 aromatic heterocycles. The number of carbonyl (C=O) groups is 1. The number of methoxy groups -OCH3 is 1. The number of carbonyl (C=O) groups excluding carboxylic acids is 1. The molecular formula is C28H28FN3O5S2. The fourth-order valence-corrected chi connectivity index (χ4v) is 8.69. The standard InChI is InChI=1S/C28H28FN3O5S2/c1-37-20-7-8-21-22(15-20)30-26-23(16-33)32(27(34)18-4-2-5-19(29)14-18)17-28(25(21)26)9-11-31(12-10-28)39(35,36)24-6-3-13-38-24/h2-8,13-15,23,30,33H,9-12,16-17H2,1H3/t23-/m0/s1. The second-order valence-corrected chi connectivity index (χ2v) is 13.2. The van der Waals surface area contributed by atoms with Crippen LogP contribution in [0.2, 0.25) is 0 Å². The number of aliphatic hydroxyl groups is 1. The molecule has 2 aliphatic heterocycles. The minimum absolute atomic E-state index is 0.197. The first-order chi connectivity index (χ1) is 18.8. The largest absolute Gasteiger partial charge is 0.497 e. The fraction of sp³-hybridized carbons (Fsp3) is 0.321. The van der Waals surface area contributed by atoms with Gasteiger partial charge in [-0.15, -0.1) is 11.3 Å². The van der Waals surface area contributed by atoms with Crippen LogP contribution in [0.15, 0.2) is 64.2 Å². The van der Waals surface area contributed by atoms with Crippen LogP contribution in [0.3, 0.4) is 0 Å². The van der Waals surface area contributed by atoms with Crippen LogP contribution in [0.4, 0.5) is 4.39 Å². The van der Waals surface area contributed by atoms with Gasteiger partial charge in [-0.1, -0.05) is 12.1 Å². The molecule has 11 heteroatoms. The summed E-state index contributed by atoms with van der Waals surface area (Å²) in [5, 5.41) is 13.2. The summed E-state index contributed by atoms with van der Waals surface area (Å²) >= 11 is 1.19. The maximum Gasteiger partial charge on any atom is 0.254 e. The van der Waals surface area contributed by atoms with Crippen molar-refractivity contribution in [2.75, 3.05) is 33.4 Å². The minimum atomic E-state index is -3.62. The molecule has 1 saturated heterocycles. The number of benzene rings is 2. The molecule has 1 spiro atoms. The average Bonchev–Trinajstić information content (AvgIpc) is 3.62. The second kappa shape index (κ2) is 9.74. The minimum Gasteiger partial charge on any atom is -0.497 e. The topological polar surface area (TPSA) is 103 Å². The van der Waals surface area contributed by atoms with Crippen LogP contribution in [-0.2, 0) is 15.4 Å². The molecule has 0 saturated carbocycles. The number of nitrogens with one attached hydrogen (secondary N) is 1. The Morgan fingerprint density at radius 1 is 1.18 bits per heavy atom. The monoisotopic (exact) mass is 569 g/mol. The number of nitrogens with zero attached hydrogens (tertiary/aromatic N) is 2. The van der Waals surface area contributed by atoms with E-state index in [1.807, 2.05) is 18.2 Å². The molecule has 1 amide bonds. The van der Waals surface area contributed by atoms with E-state index >= 15 is 0 Å². The summed E-state index contributed by atoms with van der Waals surface area (Å²) in [5.74, 6) is -0.234. The van der Waals surface area contributed by atoms with Gasteiger partial charge < -0.3 is 19.7 Å². The fourth-order valence-electron chi connectivity index (χ4n) is 6.11. The summed E-state index contributed by atoms with van der Waals surface area (Å²) < 4.78 is 47.8. The summed E-state index contributed by atoms with van der Waals surface area (Å²) in [7, 11) is -2.03. The molecule has 204 valence electrons. The number of H-pyrrole nitrogens is 1. The lowest BCUT2D eigenvalue weighted by Crippen LogP contribution is -2.55. The zero-order chi connectivity index (χ0) is 27.4. The van der Waals surface area contributed by atoms with Gasteiger partial charge >= 0.3 is 0 Å². The lowest BCUT2D eigenvalue weighted by atomic mass is 9.68. The number of aliphatic hydroxyl groups excluding tert-OH is 1. The van der Waals surface area contributed by atoms with Crippen LogP contribution in [0, 0.1) is 5.82 Å². The van der Waals surface area contributed by atoms with Crippen molar-refractivity contribution in [2.24, 2.45) is 0 Å². The van der Waals surface area contributed by atoms with E-state index in [0.29, 0.717) is 28.5 Å². The van der Waals surface area contributed by atoms with Gasteiger partial charge in [0.15, 0.2) is 0 Å². The molecule has 6 rings (SSSR count). The molecule has 0 aliphatic carbocycles. The summed E-state index contributed by atoms with van der Waals surface area (Å²) in [6.07, 6.45) is 0.962. The lowest BCUT2D eigenvalue weighted by molar-refractivity contribution is 0.0387. The number of aromatic nitrogens is 1. The number of halogens is 1. The number of thiophene rings is 1. The highest BCUT2D eigenvalue weighted by molar-refractivity contribution is 7.91. The maximum absolute atomic E-state index is 14.0. The van der Waals surface area contributed by atoms with Gasteiger partial charge in [0.25, 0.3) is 15.9 Å². The number of fused-ring (bicyclic) bond motifs is 4. The number of amides is 1. The smallest absolute Gasteiger partial charge is 0.254 e. The molecule has 39 heavy (non-hydrogen) atoms. The van der Waals surface area contributed by atoms with E-state index < -0.39 is 27.3 Å². The van der Waals surface area contributed by atoms with Crippen LogP contribution < -0.4 is 4.74 Å². The maximum atomic E-state index is 14.0. The lowest BCUT2D eigenvalue weighted by Gasteiger charge is -2.50. The predicted octanol–water partition coefficient (Wildman–Crippen LogP) is 4.29. The van der Waals surface area contributed by atoms with Crippen molar-refractivity contribution >= 4 is 38.2 Å². The molecule has 2 aromatic carbocycles. The van der Waals surface area contributed by atoms with E-state index in [1.54, 1.807) is 35.6 Å². The first kappa shape index (κ1) is 26.0. The van der Waals surface area contributed by atoms with Crippen LogP contribution >= 0.6 is 11.3 Å². The van der Waals surface area contributed by atoms with E-state index in [1.165, 1.54) is 33.8 Å². The van der Waals surface area contributed by atoms with Gasteiger partial charge in [0.2, 0.25) is 0 Å². The van der Waals surface area contributed by atoms with Crippen LogP contribution in [-0.4, -0.2) is 67.0 Å². The highest BCUT2D eigenvalue weighted by atomic mass is 32.2. The van der Waals surface area contributed by atoms with Crippen molar-refractivity contribution in [3.63, 3.8) is 0 Å². The molecule has 2 N–H and O–H groups in total. The van der Waals surface area contributed by atoms with Crippen LogP contribution in [0.25, 0.3) is 10.9 Å². The normalized spacial score (nSPS) is 19.4. The third-order valence-corrected chi connectivity index (χ3v) is 11.3. The first-order valence-electron chi connectivity index (χ1n) is 12.7. The predicted molar refractivity (Wildman–Crippen MR) is 146 cm³/mol. The number of aromatic amines is 1. The van der Waals surface area contributed by atoms with Gasteiger partial charge in [0.1, 0.15) is 15.8 Å². The highest BCUT2D eigenvalue weighted by Crippen LogP contribution is 2.50. The molecule has 4 aromatic rings. The van der Waals surface area contributed by atoms with E-state index in [4.69, 9.17) is 4.74 Å². The average molecular weight is 570 g/mol. The second-order valence-electron chi connectivity index (χ2n) is 10.1. The number of hydrogen-bond donors (Lipinski definition) is 2. The molecular weight excluding hydrogens is 541 g/mol. The summed E-state index contributed by atoms with van der Waals surface area (Å²) in [6, 6.07) is 13.9. The number of ether oxygens (including phenoxy) is 1. The Morgan fingerprint density at radius 3 is 2.64 bits per heavy atom. The van der Waals surface area contributed by atoms with Crippen molar-refractivity contribution in [3.05, 3.63) is 82.6 Å². The van der Waals surface area contributed by atoms with Crippen molar-refractivity contribution < 1.29 is 27.4 Å². The van der Waals surface area contributed by atoms with Gasteiger partial charge in [-0.3, -0.25) is 4.79 Å². The molecule has 1 fully saturated rings. The Hall–Kier alpha value is -3.25. The summed E-state index contributed by atoms with van der Waals surface area (Å²) in [5.41, 5.74) is 2.15. The van der Waals surface area contributed by atoms with Gasteiger partial charge in [-0.05, 0) is 60.2 Å². The zero-order valence-electron chi connectivity index (χ0n) is 21.3. The third-order valence-electron chi connectivity index (χ3n) is 8.02. The van der Waals surface area contributed by atoms with Crippen molar-refractivity contribution in [1.29, 1.82) is 0 Å². The van der Waals surface area contributed by atoms with Gasteiger partial charge in [-0.2, -0.15) is 4.31 Å². The van der Waals surface area contributed by atoms with Gasteiger partial charge in [0.05, 0.1) is 19.8 Å². The highest BCUT2D eigenvalue weighted by Gasteiger charge is 2.50. The third kappa shape index (κ3) is 4.24. The van der Waals surface area contributed by atoms with Gasteiger partial charge in [-0.25, -0.2) is 12.8 Å². The van der Waals surface area contributed by atoms with Crippen molar-refractivity contribution in [3.8, 4) is 5.75 Å². The van der Waals surface area contributed by atoms with Gasteiger partial charge in [0, 0.05) is 53.3 Å². The van der Waals surface area contributed by atoms with Crippen molar-refractivity contribution in [1.82, 2.24) is 14.2 Å². The molecule has 8 nitrogen and oxygen atoms in total. The zero-order valence-corrected chi connectivity index (χ0v) is 22.9. The molecule has 0 unspecified atom stereocenters. The van der Waals surface area contributed by atoms with E-state index in [9.17, 15) is 22.7 Å². The molecule has 0 radical (unpaired) electrons. The molecule has 0 bridgehead atoms. The van der Waals surface area contributed by atoms with E-state index in [-0.39, 0.29) is 37.7 Å². The number of sulfonamides is 1. The Morgan fingerprint density at radius 2 is 1.97 bits per heavy atom. The quantitative estimate of drug-likeness (QED) is 0.373. The SMILES string of the molecule is COc1ccc2c3c([nH]c2c1)[C@H](CO)N(C(=O)c1cccc(F)c1)CC31CCN(S(=O)(=O)c2cccs2)CC1. The molecule has 4 heterocycles. The Balaban J connectivity index is 1.45. The first-order valence-corrected chi connectivity index (χ1v) is 15.0. The summed E-state index contributed by atoms with van der Waals surface area (Å²) in [4.78, 5) is 18.8. The van der Waals surface area contributed by atoms with E-state index in [2.05, 4.69) is 4.98 Å². The molecule has 1 atom stereocenters. The number of piperidine rings is 1. The van der Waals surface area contributed by atoms with Crippen molar-refractivity contribution in [2.45, 2.75) is 28.5 Å². The number of hydrogen-bond acceptors (Lipinski definition) is 6. The Bertz CT molecular complexity index is 1640. The molecule has 2 aliphatic rings.